The SMILES string of the molecule is CCNc1cc(C(F)(F)F)cc(OC(C)COCC)n1. The van der Waals surface area contributed by atoms with E-state index in [0.717, 1.165) is 12.1 Å². The van der Waals surface area contributed by atoms with E-state index in [1.165, 1.54) is 0 Å². The van der Waals surface area contributed by atoms with Crippen LogP contribution in [0.2, 0.25) is 0 Å². The molecule has 7 heteroatoms. The summed E-state index contributed by atoms with van der Waals surface area (Å²) in [5.41, 5.74) is -0.790. The second-order valence-corrected chi connectivity index (χ2v) is 4.20. The quantitative estimate of drug-likeness (QED) is 0.837. The Bertz CT molecular complexity index is 425. The molecule has 1 rings (SSSR count). The van der Waals surface area contributed by atoms with Crippen molar-refractivity contribution in [2.45, 2.75) is 33.1 Å². The highest BCUT2D eigenvalue weighted by molar-refractivity contribution is 5.42. The third-order valence-corrected chi connectivity index (χ3v) is 2.37. The number of hydrogen-bond donors (Lipinski definition) is 1. The van der Waals surface area contributed by atoms with Gasteiger partial charge in [-0.15, -0.1) is 0 Å². The van der Waals surface area contributed by atoms with Crippen LogP contribution < -0.4 is 10.1 Å². The molecule has 0 bridgehead atoms. The Morgan fingerprint density at radius 1 is 1.30 bits per heavy atom. The number of nitrogens with zero attached hydrogens (tertiary/aromatic N) is 1. The van der Waals surface area contributed by atoms with Gasteiger partial charge < -0.3 is 14.8 Å². The molecule has 0 aliphatic carbocycles. The monoisotopic (exact) mass is 292 g/mol. The van der Waals surface area contributed by atoms with E-state index in [-0.39, 0.29) is 17.8 Å². The molecule has 0 aliphatic heterocycles. The van der Waals surface area contributed by atoms with Crippen LogP contribution >= 0.6 is 0 Å². The summed E-state index contributed by atoms with van der Waals surface area (Å²) >= 11 is 0. The third-order valence-electron chi connectivity index (χ3n) is 2.37. The van der Waals surface area contributed by atoms with Crippen LogP contribution in [0, 0.1) is 0 Å². The van der Waals surface area contributed by atoms with Crippen LogP contribution in [0.25, 0.3) is 0 Å². The molecule has 0 saturated carbocycles. The average molecular weight is 292 g/mol. The average Bonchev–Trinajstić information content (AvgIpc) is 2.35. The molecule has 0 aliphatic rings. The molecule has 4 nitrogen and oxygen atoms in total. The van der Waals surface area contributed by atoms with Crippen molar-refractivity contribution in [1.29, 1.82) is 0 Å². The van der Waals surface area contributed by atoms with Crippen molar-refractivity contribution in [3.63, 3.8) is 0 Å². The Hall–Kier alpha value is -1.50. The molecule has 20 heavy (non-hydrogen) atoms. The summed E-state index contributed by atoms with van der Waals surface area (Å²) in [6.45, 7) is 6.61. The number of nitrogens with one attached hydrogen (secondary N) is 1. The van der Waals surface area contributed by atoms with Crippen LogP contribution in [0.3, 0.4) is 0 Å². The summed E-state index contributed by atoms with van der Waals surface area (Å²) in [4.78, 5) is 4.00. The Morgan fingerprint density at radius 2 is 2.00 bits per heavy atom. The zero-order valence-corrected chi connectivity index (χ0v) is 11.8. The molecule has 1 aromatic heterocycles. The highest BCUT2D eigenvalue weighted by Gasteiger charge is 2.32. The number of halogens is 3. The fourth-order valence-corrected chi connectivity index (χ4v) is 1.52. The van der Waals surface area contributed by atoms with Crippen LogP contribution in [0.15, 0.2) is 12.1 Å². The van der Waals surface area contributed by atoms with Gasteiger partial charge in [-0.3, -0.25) is 0 Å². The molecule has 1 aromatic rings. The lowest BCUT2D eigenvalue weighted by atomic mass is 10.2. The maximum absolute atomic E-state index is 12.8. The second kappa shape index (κ2) is 7.33. The molecule has 0 spiro atoms. The van der Waals surface area contributed by atoms with Gasteiger partial charge in [0.25, 0.3) is 0 Å². The molecular weight excluding hydrogens is 273 g/mol. The zero-order chi connectivity index (χ0) is 15.2. The fraction of sp³-hybridized carbons (Fsp3) is 0.615. The molecule has 0 fully saturated rings. The van der Waals surface area contributed by atoms with E-state index >= 15 is 0 Å². The first kappa shape index (κ1) is 16.6. The minimum Gasteiger partial charge on any atom is -0.472 e. The summed E-state index contributed by atoms with van der Waals surface area (Å²) in [6, 6.07) is 1.85. The molecule has 1 atom stereocenters. The van der Waals surface area contributed by atoms with Crippen LogP contribution in [0.1, 0.15) is 26.3 Å². The standard InChI is InChI=1S/C13H19F3N2O2/c1-4-17-11-6-10(13(14,15)16)7-12(18-11)20-9(3)8-19-5-2/h6-7,9H,4-5,8H2,1-3H3,(H,17,18). The Labute approximate surface area is 116 Å². The van der Waals surface area contributed by atoms with Gasteiger partial charge in [-0.25, -0.2) is 0 Å². The van der Waals surface area contributed by atoms with Gasteiger partial charge >= 0.3 is 6.18 Å². The van der Waals surface area contributed by atoms with E-state index < -0.39 is 11.7 Å². The molecule has 1 unspecified atom stereocenters. The summed E-state index contributed by atoms with van der Waals surface area (Å²) in [5, 5.41) is 2.75. The highest BCUT2D eigenvalue weighted by Crippen LogP contribution is 2.32. The number of alkyl halides is 3. The van der Waals surface area contributed by atoms with Crippen molar-refractivity contribution in [2.75, 3.05) is 25.1 Å². The molecule has 1 N–H and O–H groups in total. The van der Waals surface area contributed by atoms with Gasteiger partial charge in [0.2, 0.25) is 5.88 Å². The van der Waals surface area contributed by atoms with Crippen molar-refractivity contribution < 1.29 is 22.6 Å². The molecule has 114 valence electrons. The van der Waals surface area contributed by atoms with Gasteiger partial charge in [0.1, 0.15) is 11.9 Å². The Morgan fingerprint density at radius 3 is 2.55 bits per heavy atom. The van der Waals surface area contributed by atoms with Gasteiger partial charge in [-0.1, -0.05) is 0 Å². The molecule has 0 amide bonds. The third kappa shape index (κ3) is 5.24. The summed E-state index contributed by atoms with van der Waals surface area (Å²) < 4.78 is 48.9. The van der Waals surface area contributed by atoms with Gasteiger partial charge in [-0.05, 0) is 26.8 Å². The van der Waals surface area contributed by atoms with Gasteiger partial charge in [0, 0.05) is 19.2 Å². The first-order valence-corrected chi connectivity index (χ1v) is 6.44. The first-order valence-electron chi connectivity index (χ1n) is 6.44. The highest BCUT2D eigenvalue weighted by atomic mass is 19.4. The van der Waals surface area contributed by atoms with Crippen molar-refractivity contribution >= 4 is 5.82 Å². The summed E-state index contributed by atoms with van der Waals surface area (Å²) in [6.07, 6.45) is -4.81. The number of rotatable bonds is 7. The lowest BCUT2D eigenvalue weighted by molar-refractivity contribution is -0.137. The van der Waals surface area contributed by atoms with E-state index in [1.54, 1.807) is 13.8 Å². The maximum Gasteiger partial charge on any atom is 0.416 e. The van der Waals surface area contributed by atoms with E-state index in [0.29, 0.717) is 19.8 Å². The fourth-order valence-electron chi connectivity index (χ4n) is 1.52. The number of pyridine rings is 1. The van der Waals surface area contributed by atoms with Crippen LogP contribution in [-0.2, 0) is 10.9 Å². The first-order chi connectivity index (χ1) is 9.36. The molecular formula is C13H19F3N2O2. The van der Waals surface area contributed by atoms with Gasteiger partial charge in [-0.2, -0.15) is 18.2 Å². The second-order valence-electron chi connectivity index (χ2n) is 4.20. The maximum atomic E-state index is 12.8. The van der Waals surface area contributed by atoms with E-state index in [4.69, 9.17) is 9.47 Å². The zero-order valence-electron chi connectivity index (χ0n) is 11.8. The smallest absolute Gasteiger partial charge is 0.416 e. The van der Waals surface area contributed by atoms with Crippen LogP contribution in [-0.4, -0.2) is 30.8 Å². The van der Waals surface area contributed by atoms with Crippen LogP contribution in [0.4, 0.5) is 19.0 Å². The summed E-state index contributed by atoms with van der Waals surface area (Å²) in [5.74, 6) is 0.0731. The molecule has 1 heterocycles. The van der Waals surface area contributed by atoms with Crippen molar-refractivity contribution in [2.24, 2.45) is 0 Å². The predicted octanol–water partition coefficient (Wildman–Crippen LogP) is 3.34. The van der Waals surface area contributed by atoms with Gasteiger partial charge in [0.05, 0.1) is 12.2 Å². The normalized spacial score (nSPS) is 13.1. The predicted molar refractivity (Wildman–Crippen MR) is 70.0 cm³/mol. The largest absolute Gasteiger partial charge is 0.472 e. The molecule has 0 aromatic carbocycles. The number of anilines is 1. The minimum absolute atomic E-state index is 0.0667. The van der Waals surface area contributed by atoms with Gasteiger partial charge in [0.15, 0.2) is 0 Å². The summed E-state index contributed by atoms with van der Waals surface area (Å²) in [7, 11) is 0. The number of hydrogen-bond acceptors (Lipinski definition) is 4. The minimum atomic E-state index is -4.44. The number of aromatic nitrogens is 1. The van der Waals surface area contributed by atoms with Crippen LogP contribution in [0.5, 0.6) is 5.88 Å². The Balaban J connectivity index is 2.91. The van der Waals surface area contributed by atoms with E-state index in [2.05, 4.69) is 10.3 Å². The van der Waals surface area contributed by atoms with E-state index in [9.17, 15) is 13.2 Å². The number of ether oxygens (including phenoxy) is 2. The lowest BCUT2D eigenvalue weighted by Gasteiger charge is -2.16. The lowest BCUT2D eigenvalue weighted by Crippen LogP contribution is -2.20. The van der Waals surface area contributed by atoms with E-state index in [1.807, 2.05) is 6.92 Å². The van der Waals surface area contributed by atoms with Crippen molar-refractivity contribution in [3.05, 3.63) is 17.7 Å². The molecule has 0 radical (unpaired) electrons. The molecule has 0 saturated heterocycles. The Kier molecular flexibility index (Phi) is 6.06. The topological polar surface area (TPSA) is 43.4 Å². The van der Waals surface area contributed by atoms with Crippen molar-refractivity contribution in [1.82, 2.24) is 4.98 Å². The van der Waals surface area contributed by atoms with Crippen molar-refractivity contribution in [3.8, 4) is 5.88 Å².